The first kappa shape index (κ1) is 9.74. The zero-order valence-corrected chi connectivity index (χ0v) is 8.31. The molecule has 0 spiro atoms. The summed E-state index contributed by atoms with van der Waals surface area (Å²) in [5.41, 5.74) is 6.32. The van der Waals surface area contributed by atoms with Gasteiger partial charge in [0, 0.05) is 13.1 Å². The van der Waals surface area contributed by atoms with E-state index in [1.54, 1.807) is 6.07 Å². The summed E-state index contributed by atoms with van der Waals surface area (Å²) in [5.74, 6) is 0.795. The number of nitriles is 1. The maximum Gasteiger partial charge on any atom is 0.165 e. The Bertz CT molecular complexity index is 393. The first-order valence-electron chi connectivity index (χ1n) is 4.80. The molecular formula is C10H12N4O. The SMILES string of the molecule is N#Cc1nc(N2CCOCC2)ccc1N. The third-order valence-corrected chi connectivity index (χ3v) is 2.35. The summed E-state index contributed by atoms with van der Waals surface area (Å²) in [4.78, 5) is 6.29. The molecule has 1 aromatic rings. The Kier molecular flexibility index (Phi) is 2.70. The second kappa shape index (κ2) is 4.15. The molecule has 0 atom stereocenters. The average molecular weight is 204 g/mol. The van der Waals surface area contributed by atoms with E-state index in [-0.39, 0.29) is 0 Å². The number of hydrogen-bond donors (Lipinski definition) is 1. The fraction of sp³-hybridized carbons (Fsp3) is 0.400. The van der Waals surface area contributed by atoms with Gasteiger partial charge < -0.3 is 15.4 Å². The van der Waals surface area contributed by atoms with Crippen molar-refractivity contribution in [1.82, 2.24) is 4.98 Å². The van der Waals surface area contributed by atoms with Gasteiger partial charge in [0.25, 0.3) is 0 Å². The second-order valence-corrected chi connectivity index (χ2v) is 3.32. The zero-order chi connectivity index (χ0) is 10.7. The van der Waals surface area contributed by atoms with Crippen LogP contribution in [0.1, 0.15) is 5.69 Å². The summed E-state index contributed by atoms with van der Waals surface area (Å²) >= 11 is 0. The Hall–Kier alpha value is -1.80. The maximum absolute atomic E-state index is 8.81. The van der Waals surface area contributed by atoms with Gasteiger partial charge in [-0.05, 0) is 12.1 Å². The van der Waals surface area contributed by atoms with Crippen LogP contribution in [0.4, 0.5) is 11.5 Å². The highest BCUT2D eigenvalue weighted by Crippen LogP contribution is 2.17. The summed E-state index contributed by atoms with van der Waals surface area (Å²) in [7, 11) is 0. The second-order valence-electron chi connectivity index (χ2n) is 3.32. The van der Waals surface area contributed by atoms with E-state index in [0.717, 1.165) is 18.9 Å². The number of morpholine rings is 1. The lowest BCUT2D eigenvalue weighted by atomic mass is 10.3. The van der Waals surface area contributed by atoms with Gasteiger partial charge in [-0.3, -0.25) is 0 Å². The Labute approximate surface area is 88.1 Å². The molecule has 0 aliphatic carbocycles. The number of ether oxygens (including phenoxy) is 1. The van der Waals surface area contributed by atoms with Crippen LogP contribution in [0.25, 0.3) is 0 Å². The van der Waals surface area contributed by atoms with Crippen LogP contribution in [-0.4, -0.2) is 31.3 Å². The minimum atomic E-state index is 0.291. The molecule has 1 aliphatic rings. The molecule has 0 aromatic carbocycles. The van der Waals surface area contributed by atoms with Crippen molar-refractivity contribution in [1.29, 1.82) is 5.26 Å². The lowest BCUT2D eigenvalue weighted by Crippen LogP contribution is -2.36. The van der Waals surface area contributed by atoms with E-state index >= 15 is 0 Å². The molecule has 78 valence electrons. The molecule has 5 nitrogen and oxygen atoms in total. The molecule has 15 heavy (non-hydrogen) atoms. The number of nitrogens with two attached hydrogens (primary N) is 1. The highest BCUT2D eigenvalue weighted by atomic mass is 16.5. The third-order valence-electron chi connectivity index (χ3n) is 2.35. The minimum Gasteiger partial charge on any atom is -0.396 e. The normalized spacial score (nSPS) is 16.1. The number of anilines is 2. The number of hydrogen-bond acceptors (Lipinski definition) is 5. The van der Waals surface area contributed by atoms with Gasteiger partial charge in [-0.2, -0.15) is 5.26 Å². The molecule has 2 heterocycles. The van der Waals surface area contributed by atoms with Gasteiger partial charge in [-0.1, -0.05) is 0 Å². The lowest BCUT2D eigenvalue weighted by Gasteiger charge is -2.27. The largest absolute Gasteiger partial charge is 0.396 e. The number of nitrogens with zero attached hydrogens (tertiary/aromatic N) is 3. The molecule has 1 saturated heterocycles. The third kappa shape index (κ3) is 2.00. The van der Waals surface area contributed by atoms with Crippen LogP contribution >= 0.6 is 0 Å². The molecule has 5 heteroatoms. The van der Waals surface area contributed by atoms with Gasteiger partial charge in [-0.25, -0.2) is 4.98 Å². The summed E-state index contributed by atoms with van der Waals surface area (Å²) in [6.45, 7) is 3.02. The van der Waals surface area contributed by atoms with Crippen molar-refractivity contribution in [2.24, 2.45) is 0 Å². The summed E-state index contributed by atoms with van der Waals surface area (Å²) in [6.07, 6.45) is 0. The van der Waals surface area contributed by atoms with Crippen LogP contribution in [0, 0.1) is 11.3 Å². The van der Waals surface area contributed by atoms with E-state index in [2.05, 4.69) is 9.88 Å². The van der Waals surface area contributed by atoms with Crippen molar-refractivity contribution in [2.75, 3.05) is 36.9 Å². The van der Waals surface area contributed by atoms with Gasteiger partial charge in [0.1, 0.15) is 11.9 Å². The molecule has 0 bridgehead atoms. The van der Waals surface area contributed by atoms with E-state index in [9.17, 15) is 0 Å². The van der Waals surface area contributed by atoms with Crippen molar-refractivity contribution in [2.45, 2.75) is 0 Å². The summed E-state index contributed by atoms with van der Waals surface area (Å²) < 4.78 is 5.24. The van der Waals surface area contributed by atoms with E-state index in [1.165, 1.54) is 0 Å². The van der Waals surface area contributed by atoms with Crippen LogP contribution in [-0.2, 0) is 4.74 Å². The quantitative estimate of drug-likeness (QED) is 0.715. The standard InChI is InChI=1S/C10H12N4O/c11-7-9-8(12)1-2-10(13-9)14-3-5-15-6-4-14/h1-2H,3-6,12H2. The van der Waals surface area contributed by atoms with Gasteiger partial charge in [0.05, 0.1) is 18.9 Å². The van der Waals surface area contributed by atoms with Crippen molar-refractivity contribution in [3.05, 3.63) is 17.8 Å². The van der Waals surface area contributed by atoms with Gasteiger partial charge in [0.2, 0.25) is 0 Å². The van der Waals surface area contributed by atoms with Crippen molar-refractivity contribution in [3.8, 4) is 6.07 Å². The predicted molar refractivity (Wildman–Crippen MR) is 56.4 cm³/mol. The molecule has 0 unspecified atom stereocenters. The zero-order valence-electron chi connectivity index (χ0n) is 8.31. The van der Waals surface area contributed by atoms with Gasteiger partial charge >= 0.3 is 0 Å². The van der Waals surface area contributed by atoms with Gasteiger partial charge in [0.15, 0.2) is 5.69 Å². The lowest BCUT2D eigenvalue weighted by molar-refractivity contribution is 0.122. The smallest absolute Gasteiger partial charge is 0.165 e. The predicted octanol–water partition coefficient (Wildman–Crippen LogP) is 0.372. The molecule has 1 aromatic heterocycles. The van der Waals surface area contributed by atoms with Crippen molar-refractivity contribution in [3.63, 3.8) is 0 Å². The van der Waals surface area contributed by atoms with E-state index in [0.29, 0.717) is 24.6 Å². The topological polar surface area (TPSA) is 75.2 Å². The average Bonchev–Trinajstić information content (AvgIpc) is 2.31. The molecule has 0 radical (unpaired) electrons. The Morgan fingerprint density at radius 1 is 1.40 bits per heavy atom. The Morgan fingerprint density at radius 2 is 2.13 bits per heavy atom. The van der Waals surface area contributed by atoms with E-state index in [1.807, 2.05) is 12.1 Å². The number of pyridine rings is 1. The van der Waals surface area contributed by atoms with Crippen LogP contribution in [0.2, 0.25) is 0 Å². The molecule has 2 N–H and O–H groups in total. The summed E-state index contributed by atoms with van der Waals surface area (Å²) in [6, 6.07) is 5.53. The molecule has 2 rings (SSSR count). The number of aromatic nitrogens is 1. The fourth-order valence-corrected chi connectivity index (χ4v) is 1.52. The van der Waals surface area contributed by atoms with Crippen LogP contribution in [0.5, 0.6) is 0 Å². The monoisotopic (exact) mass is 204 g/mol. The number of nitrogen functional groups attached to an aromatic ring is 1. The van der Waals surface area contributed by atoms with E-state index < -0.39 is 0 Å². The minimum absolute atomic E-state index is 0.291. The Balaban J connectivity index is 2.25. The molecular weight excluding hydrogens is 192 g/mol. The molecule has 1 aliphatic heterocycles. The highest BCUT2D eigenvalue weighted by molar-refractivity contribution is 5.55. The van der Waals surface area contributed by atoms with E-state index in [4.69, 9.17) is 15.7 Å². The molecule has 1 fully saturated rings. The van der Waals surface area contributed by atoms with Crippen LogP contribution < -0.4 is 10.6 Å². The van der Waals surface area contributed by atoms with Gasteiger partial charge in [-0.15, -0.1) is 0 Å². The Morgan fingerprint density at radius 3 is 2.80 bits per heavy atom. The summed E-state index contributed by atoms with van der Waals surface area (Å²) in [5, 5.41) is 8.81. The van der Waals surface area contributed by atoms with Crippen LogP contribution in [0.15, 0.2) is 12.1 Å². The van der Waals surface area contributed by atoms with Crippen molar-refractivity contribution < 1.29 is 4.74 Å². The fourth-order valence-electron chi connectivity index (χ4n) is 1.52. The first-order valence-corrected chi connectivity index (χ1v) is 4.80. The molecule has 0 amide bonds. The molecule has 0 saturated carbocycles. The maximum atomic E-state index is 8.81. The van der Waals surface area contributed by atoms with Crippen LogP contribution in [0.3, 0.4) is 0 Å². The van der Waals surface area contributed by atoms with Crippen molar-refractivity contribution >= 4 is 11.5 Å². The first-order chi connectivity index (χ1) is 7.31. The highest BCUT2D eigenvalue weighted by Gasteiger charge is 2.13. The number of rotatable bonds is 1.